The van der Waals surface area contributed by atoms with E-state index in [1.54, 1.807) is 0 Å². The van der Waals surface area contributed by atoms with Crippen LogP contribution in [-0.4, -0.2) is 9.13 Å². The van der Waals surface area contributed by atoms with Gasteiger partial charge in [-0.25, -0.2) is 18.3 Å². The fraction of sp³-hybridized carbons (Fsp3) is 0.625. The number of aryl methyl sites for hydroxylation is 4. The summed E-state index contributed by atoms with van der Waals surface area (Å²) in [6, 6.07) is 0. The summed E-state index contributed by atoms with van der Waals surface area (Å²) < 4.78 is 8.91. The van der Waals surface area contributed by atoms with Crippen molar-refractivity contribution in [3.05, 3.63) is 36.4 Å². The summed E-state index contributed by atoms with van der Waals surface area (Å²) in [5.74, 6) is 2.73. The summed E-state index contributed by atoms with van der Waals surface area (Å²) in [7, 11) is 2.06. The second-order valence-electron chi connectivity index (χ2n) is 4.88. The molecule has 0 unspecified atom stereocenters. The highest BCUT2D eigenvalue weighted by atomic mass is 127. The highest BCUT2D eigenvalue weighted by molar-refractivity contribution is 4.82. The molecule has 4 nitrogen and oxygen atoms in total. The second-order valence-corrected chi connectivity index (χ2v) is 4.88. The minimum Gasteiger partial charge on any atom is -1.00 e. The van der Waals surface area contributed by atoms with E-state index < -0.39 is 0 Å². The quantitative estimate of drug-likeness (QED) is 0.283. The van der Waals surface area contributed by atoms with Crippen LogP contribution in [0.3, 0.4) is 0 Å². The molecule has 128 valence electrons. The monoisotopic (exact) mass is 532 g/mol. The van der Waals surface area contributed by atoms with E-state index in [0.717, 1.165) is 26.1 Å². The van der Waals surface area contributed by atoms with Crippen molar-refractivity contribution in [3.8, 4) is 0 Å². The van der Waals surface area contributed by atoms with Crippen molar-refractivity contribution in [1.29, 1.82) is 0 Å². The van der Waals surface area contributed by atoms with Gasteiger partial charge in [0, 0.05) is 13.3 Å². The van der Waals surface area contributed by atoms with Crippen LogP contribution in [-0.2, 0) is 33.1 Å². The molecule has 0 aliphatic rings. The lowest BCUT2D eigenvalue weighted by molar-refractivity contribution is -0.700. The Balaban J connectivity index is 0. The first-order chi connectivity index (χ1) is 9.58. The van der Waals surface area contributed by atoms with Crippen molar-refractivity contribution in [1.82, 2.24) is 9.13 Å². The molecular formula is C16H30I2N4. The predicted molar refractivity (Wildman–Crippen MR) is 81.4 cm³/mol. The third-order valence-corrected chi connectivity index (χ3v) is 3.82. The Bertz CT molecular complexity index is 511. The fourth-order valence-electron chi connectivity index (χ4n) is 2.41. The first-order valence-electron chi connectivity index (χ1n) is 7.67. The lowest BCUT2D eigenvalue weighted by atomic mass is 10.4. The Hall–Kier alpha value is -0.120. The average Bonchev–Trinajstić information content (AvgIpc) is 3.03. The zero-order chi connectivity index (χ0) is 15.1. The second kappa shape index (κ2) is 12.3. The molecule has 0 spiro atoms. The summed E-state index contributed by atoms with van der Waals surface area (Å²) >= 11 is 0. The summed E-state index contributed by atoms with van der Waals surface area (Å²) in [5, 5.41) is 0. The Labute approximate surface area is 169 Å². The summed E-state index contributed by atoms with van der Waals surface area (Å²) in [5.41, 5.74) is 0. The summed E-state index contributed by atoms with van der Waals surface area (Å²) in [4.78, 5) is 0. The number of aromatic nitrogens is 4. The van der Waals surface area contributed by atoms with Gasteiger partial charge in [-0.2, -0.15) is 0 Å². The molecular weight excluding hydrogens is 502 g/mol. The third kappa shape index (κ3) is 6.17. The molecule has 22 heavy (non-hydrogen) atoms. The van der Waals surface area contributed by atoms with E-state index in [9.17, 15) is 0 Å². The van der Waals surface area contributed by atoms with Crippen molar-refractivity contribution in [2.45, 2.75) is 60.7 Å². The molecule has 0 amide bonds. The number of hydrogen-bond donors (Lipinski definition) is 0. The molecule has 0 saturated heterocycles. The molecule has 2 heterocycles. The van der Waals surface area contributed by atoms with Crippen molar-refractivity contribution in [2.24, 2.45) is 7.05 Å². The van der Waals surface area contributed by atoms with Gasteiger partial charge in [-0.05, 0) is 20.8 Å². The van der Waals surface area contributed by atoms with Crippen molar-refractivity contribution < 1.29 is 57.1 Å². The largest absolute Gasteiger partial charge is 1.00 e. The maximum absolute atomic E-state index is 2.30. The highest BCUT2D eigenvalue weighted by Gasteiger charge is 2.10. The zero-order valence-electron chi connectivity index (χ0n) is 14.7. The number of hydrogen-bond acceptors (Lipinski definition) is 0. The maximum Gasteiger partial charge on any atom is 0.256 e. The summed E-state index contributed by atoms with van der Waals surface area (Å²) in [6.07, 6.45) is 9.59. The molecule has 2 rings (SSSR count). The molecule has 0 aliphatic carbocycles. The molecule has 0 bridgehead atoms. The van der Waals surface area contributed by atoms with E-state index in [-0.39, 0.29) is 48.0 Å². The minimum absolute atomic E-state index is 0. The van der Waals surface area contributed by atoms with Gasteiger partial charge in [-0.3, -0.25) is 0 Å². The maximum atomic E-state index is 2.30. The first-order valence-corrected chi connectivity index (χ1v) is 7.67. The van der Waals surface area contributed by atoms with Gasteiger partial charge in [0.05, 0.1) is 26.7 Å². The van der Waals surface area contributed by atoms with Crippen LogP contribution >= 0.6 is 0 Å². The smallest absolute Gasteiger partial charge is 0.256 e. The van der Waals surface area contributed by atoms with Gasteiger partial charge in [-0.1, -0.05) is 6.92 Å². The van der Waals surface area contributed by atoms with Gasteiger partial charge in [0.15, 0.2) is 0 Å². The van der Waals surface area contributed by atoms with Crippen LogP contribution in [0.25, 0.3) is 0 Å². The van der Waals surface area contributed by atoms with Gasteiger partial charge in [0.2, 0.25) is 0 Å². The standard InChI is InChI=1S/C9H17N2.C7H13N2.2HI/c1-4-9-10(5-2)7-8-11(9)6-3;1-4-9-6-5-8(3)7(9)2;;/h7-8H,4-6H2,1-3H3;5-6H,4H2,1-3H3;2*1H/q2*+1;;/p-2. The van der Waals surface area contributed by atoms with Crippen LogP contribution in [0.2, 0.25) is 0 Å². The van der Waals surface area contributed by atoms with Crippen molar-refractivity contribution in [2.75, 3.05) is 0 Å². The molecule has 0 radical (unpaired) electrons. The van der Waals surface area contributed by atoms with E-state index in [1.807, 2.05) is 0 Å². The van der Waals surface area contributed by atoms with Crippen molar-refractivity contribution >= 4 is 0 Å². The molecule has 2 aromatic rings. The van der Waals surface area contributed by atoms with E-state index in [0.29, 0.717) is 0 Å². The minimum atomic E-state index is 0. The summed E-state index contributed by atoms with van der Waals surface area (Å²) in [6.45, 7) is 14.0. The first kappa shape index (κ1) is 24.1. The molecule has 0 fully saturated rings. The molecule has 0 atom stereocenters. The predicted octanol–water partition coefficient (Wildman–Crippen LogP) is -3.97. The Morgan fingerprint density at radius 1 is 0.909 bits per heavy atom. The van der Waals surface area contributed by atoms with Crippen LogP contribution in [0.1, 0.15) is 39.3 Å². The lowest BCUT2D eigenvalue weighted by Crippen LogP contribution is -3.00. The van der Waals surface area contributed by atoms with Gasteiger partial charge >= 0.3 is 0 Å². The van der Waals surface area contributed by atoms with Crippen LogP contribution < -0.4 is 57.1 Å². The van der Waals surface area contributed by atoms with Crippen molar-refractivity contribution in [3.63, 3.8) is 0 Å². The average molecular weight is 532 g/mol. The van der Waals surface area contributed by atoms with Crippen LogP contribution in [0.15, 0.2) is 24.8 Å². The van der Waals surface area contributed by atoms with E-state index in [2.05, 4.69) is 84.7 Å². The number of nitrogens with zero attached hydrogens (tertiary/aromatic N) is 4. The third-order valence-electron chi connectivity index (χ3n) is 3.82. The lowest BCUT2D eigenvalue weighted by Gasteiger charge is -1.97. The normalized spacial score (nSPS) is 9.36. The van der Waals surface area contributed by atoms with Gasteiger partial charge in [-0.15, -0.1) is 0 Å². The van der Waals surface area contributed by atoms with E-state index in [4.69, 9.17) is 0 Å². The molecule has 0 saturated carbocycles. The molecule has 0 aliphatic heterocycles. The number of imidazole rings is 2. The SMILES string of the molecule is CCc1n(CC)cc[n+]1CC.CCn1cc[n+](C)c1C.[I-].[I-]. The fourth-order valence-corrected chi connectivity index (χ4v) is 2.41. The number of halogens is 2. The Morgan fingerprint density at radius 2 is 1.45 bits per heavy atom. The molecule has 0 N–H and O–H groups in total. The van der Waals surface area contributed by atoms with E-state index >= 15 is 0 Å². The molecule has 2 aromatic heterocycles. The number of rotatable bonds is 4. The Morgan fingerprint density at radius 3 is 1.77 bits per heavy atom. The zero-order valence-corrected chi connectivity index (χ0v) is 19.0. The molecule has 6 heteroatoms. The van der Waals surface area contributed by atoms with Crippen LogP contribution in [0.5, 0.6) is 0 Å². The van der Waals surface area contributed by atoms with Gasteiger partial charge in [0.25, 0.3) is 11.6 Å². The van der Waals surface area contributed by atoms with Crippen LogP contribution in [0, 0.1) is 6.92 Å². The highest BCUT2D eigenvalue weighted by Crippen LogP contribution is 1.95. The van der Waals surface area contributed by atoms with E-state index in [1.165, 1.54) is 11.6 Å². The molecule has 0 aromatic carbocycles. The topological polar surface area (TPSA) is 17.6 Å². The van der Waals surface area contributed by atoms with Gasteiger partial charge < -0.3 is 48.0 Å². The Kier molecular flexibility index (Phi) is 13.5. The van der Waals surface area contributed by atoms with Gasteiger partial charge in [0.1, 0.15) is 24.8 Å². The van der Waals surface area contributed by atoms with Crippen LogP contribution in [0.4, 0.5) is 0 Å².